The summed E-state index contributed by atoms with van der Waals surface area (Å²) in [6.07, 6.45) is 1.14. The summed E-state index contributed by atoms with van der Waals surface area (Å²) < 4.78 is 44.9. The molecule has 2 aromatic carbocycles. The van der Waals surface area contributed by atoms with Gasteiger partial charge in [-0.15, -0.1) is 11.8 Å². The highest BCUT2D eigenvalue weighted by Crippen LogP contribution is 2.58. The van der Waals surface area contributed by atoms with E-state index in [2.05, 4.69) is 0 Å². The van der Waals surface area contributed by atoms with Gasteiger partial charge in [0.25, 0.3) is 5.91 Å². The molecule has 3 saturated carbocycles. The molecule has 3 atom stereocenters. The molecule has 1 amide bonds. The van der Waals surface area contributed by atoms with Gasteiger partial charge < -0.3 is 10.0 Å². The molecule has 0 saturated heterocycles. The first-order valence-electron chi connectivity index (χ1n) is 11.7. The van der Waals surface area contributed by atoms with Gasteiger partial charge in [0.1, 0.15) is 12.8 Å². The summed E-state index contributed by atoms with van der Waals surface area (Å²) in [5.74, 6) is -3.45. The smallest absolute Gasteiger partial charge is 0.278 e. The summed E-state index contributed by atoms with van der Waals surface area (Å²) in [5.41, 5.74) is 0.629. The van der Waals surface area contributed by atoms with Crippen LogP contribution in [0.1, 0.15) is 39.6 Å². The minimum atomic E-state index is -0.961. The van der Waals surface area contributed by atoms with E-state index in [4.69, 9.17) is 0 Å². The number of aromatic hydroxyl groups is 1. The Balaban J connectivity index is 1.46. The monoisotopic (exact) mass is 511 g/mol. The fraction of sp³-hybridized carbons (Fsp3) is 0.308. The maximum Gasteiger partial charge on any atom is 0.278 e. The fourth-order valence-electron chi connectivity index (χ4n) is 6.07. The van der Waals surface area contributed by atoms with Gasteiger partial charge in [0.05, 0.1) is 6.04 Å². The van der Waals surface area contributed by atoms with E-state index >= 15 is 4.39 Å². The summed E-state index contributed by atoms with van der Waals surface area (Å²) in [6.45, 7) is 0.0284. The lowest BCUT2D eigenvalue weighted by atomic mass is 9.49. The summed E-state index contributed by atoms with van der Waals surface area (Å²) in [5, 5.41) is 12.4. The van der Waals surface area contributed by atoms with Crippen LogP contribution in [0.25, 0.3) is 0 Å². The van der Waals surface area contributed by atoms with Crippen LogP contribution < -0.4 is 10.4 Å². The minimum Gasteiger partial charge on any atom is -0.502 e. The molecule has 3 unspecified atom stereocenters. The van der Waals surface area contributed by atoms with E-state index in [0.717, 1.165) is 22.6 Å². The lowest BCUT2D eigenvalue weighted by molar-refractivity contribution is -0.178. The molecule has 1 N–H and O–H groups in total. The fourth-order valence-corrected chi connectivity index (χ4v) is 7.18. The van der Waals surface area contributed by atoms with Crippen molar-refractivity contribution in [3.8, 4) is 5.75 Å². The average Bonchev–Trinajstić information content (AvgIpc) is 3.01. The van der Waals surface area contributed by atoms with Crippen LogP contribution in [-0.2, 0) is 5.75 Å². The molecule has 3 heterocycles. The van der Waals surface area contributed by atoms with Crippen LogP contribution in [0.2, 0.25) is 0 Å². The number of thioether (sulfide) groups is 1. The topological polar surface area (TPSA) is 65.8 Å². The summed E-state index contributed by atoms with van der Waals surface area (Å²) in [6, 6.07) is 10.3. The standard InChI is InChI=1S/C26H20F3N3O3S/c27-17-6-5-12-16(21(17)29)10-36-19-4-2-1-3-13(19)23(12)32-11-30(22-14-9-15(22)20(14)28)26(35)24-25(34)18(33)7-8-31(24)32/h1-8,14-15,20,22-23,34H,9-11H2. The van der Waals surface area contributed by atoms with Crippen LogP contribution in [-0.4, -0.2) is 39.5 Å². The normalized spacial score (nSPS) is 27.9. The molecular formula is C26H20F3N3O3S. The zero-order chi connectivity index (χ0) is 24.9. The first-order valence-corrected chi connectivity index (χ1v) is 12.7. The van der Waals surface area contributed by atoms with Crippen molar-refractivity contribution in [2.45, 2.75) is 35.3 Å². The second-order valence-corrected chi connectivity index (χ2v) is 10.8. The number of amides is 1. The highest BCUT2D eigenvalue weighted by molar-refractivity contribution is 7.98. The number of aromatic nitrogens is 1. The second kappa shape index (κ2) is 7.55. The molecule has 6 nitrogen and oxygen atoms in total. The number of benzene rings is 2. The van der Waals surface area contributed by atoms with Gasteiger partial charge in [-0.3, -0.25) is 19.3 Å². The molecule has 2 aliphatic heterocycles. The van der Waals surface area contributed by atoms with Crippen LogP contribution in [0.5, 0.6) is 5.75 Å². The van der Waals surface area contributed by atoms with E-state index in [-0.39, 0.29) is 41.6 Å². The second-order valence-electron chi connectivity index (χ2n) is 9.73. The third-order valence-electron chi connectivity index (χ3n) is 8.10. The van der Waals surface area contributed by atoms with E-state index in [1.54, 1.807) is 11.1 Å². The van der Waals surface area contributed by atoms with Crippen LogP contribution >= 0.6 is 11.8 Å². The number of pyridine rings is 1. The molecule has 0 radical (unpaired) electrons. The van der Waals surface area contributed by atoms with Crippen molar-refractivity contribution in [2.75, 3.05) is 11.7 Å². The Morgan fingerprint density at radius 3 is 2.53 bits per heavy atom. The minimum absolute atomic E-state index is 0.0284. The lowest BCUT2D eigenvalue weighted by Gasteiger charge is -2.65. The van der Waals surface area contributed by atoms with Crippen molar-refractivity contribution in [1.82, 2.24) is 9.58 Å². The highest BCUT2D eigenvalue weighted by atomic mass is 32.2. The van der Waals surface area contributed by atoms with E-state index in [1.807, 2.05) is 24.3 Å². The van der Waals surface area contributed by atoms with Crippen LogP contribution in [0.3, 0.4) is 0 Å². The number of hydrogen-bond acceptors (Lipinski definition) is 5. The maximum absolute atomic E-state index is 15.1. The molecule has 3 aliphatic carbocycles. The summed E-state index contributed by atoms with van der Waals surface area (Å²) in [7, 11) is 0. The van der Waals surface area contributed by atoms with E-state index in [0.29, 0.717) is 12.0 Å². The van der Waals surface area contributed by atoms with Crippen molar-refractivity contribution in [2.24, 2.45) is 11.8 Å². The number of carbonyl (C=O) groups excluding carboxylic acids is 1. The van der Waals surface area contributed by atoms with Gasteiger partial charge in [-0.05, 0) is 29.7 Å². The van der Waals surface area contributed by atoms with Crippen molar-refractivity contribution in [3.05, 3.63) is 92.9 Å². The molecular weight excluding hydrogens is 491 g/mol. The third-order valence-corrected chi connectivity index (χ3v) is 9.22. The molecule has 1 aromatic heterocycles. The van der Waals surface area contributed by atoms with Gasteiger partial charge in [-0.25, -0.2) is 13.2 Å². The zero-order valence-corrected chi connectivity index (χ0v) is 19.6. The van der Waals surface area contributed by atoms with E-state index < -0.39 is 40.9 Å². The number of rotatable bonds is 2. The molecule has 36 heavy (non-hydrogen) atoms. The predicted octanol–water partition coefficient (Wildman–Crippen LogP) is 3.94. The Morgan fingerprint density at radius 1 is 1.00 bits per heavy atom. The van der Waals surface area contributed by atoms with Crippen LogP contribution in [0.15, 0.2) is 58.4 Å². The van der Waals surface area contributed by atoms with E-state index in [9.17, 15) is 23.5 Å². The zero-order valence-electron chi connectivity index (χ0n) is 18.8. The van der Waals surface area contributed by atoms with Gasteiger partial charge in [-0.2, -0.15) is 0 Å². The molecule has 3 fully saturated rings. The molecule has 184 valence electrons. The molecule has 3 aromatic rings. The van der Waals surface area contributed by atoms with Crippen molar-refractivity contribution in [3.63, 3.8) is 0 Å². The number of alkyl halides is 1. The first-order chi connectivity index (χ1) is 17.4. The molecule has 0 spiro atoms. The number of carbonyl (C=O) groups is 1. The Bertz CT molecular complexity index is 1500. The number of hydrogen-bond donors (Lipinski definition) is 1. The molecule has 5 aliphatic rings. The number of halogens is 3. The van der Waals surface area contributed by atoms with Crippen molar-refractivity contribution < 1.29 is 23.1 Å². The molecule has 8 rings (SSSR count). The van der Waals surface area contributed by atoms with Gasteiger partial charge in [0.2, 0.25) is 5.43 Å². The Hall–Kier alpha value is -3.40. The summed E-state index contributed by atoms with van der Waals surface area (Å²) in [4.78, 5) is 28.2. The maximum atomic E-state index is 15.1. The number of nitrogens with zero attached hydrogens (tertiary/aromatic N) is 3. The Morgan fingerprint density at radius 2 is 1.78 bits per heavy atom. The van der Waals surface area contributed by atoms with Crippen molar-refractivity contribution in [1.29, 1.82) is 0 Å². The largest absolute Gasteiger partial charge is 0.502 e. The molecule has 2 bridgehead atoms. The van der Waals surface area contributed by atoms with Crippen LogP contribution in [0.4, 0.5) is 13.2 Å². The average molecular weight is 512 g/mol. The van der Waals surface area contributed by atoms with E-state index in [1.165, 1.54) is 27.5 Å². The van der Waals surface area contributed by atoms with Gasteiger partial charge in [0.15, 0.2) is 23.1 Å². The SMILES string of the molecule is O=C1c2c(O)c(=O)ccn2N(C2c3ccccc3SCc3c2ccc(F)c3F)CN1C1C2CC1C2F. The quantitative estimate of drug-likeness (QED) is 0.565. The Kier molecular flexibility index (Phi) is 4.58. The summed E-state index contributed by atoms with van der Waals surface area (Å²) >= 11 is 1.39. The predicted molar refractivity (Wildman–Crippen MR) is 126 cm³/mol. The van der Waals surface area contributed by atoms with Gasteiger partial charge in [0, 0.05) is 46.4 Å². The highest BCUT2D eigenvalue weighted by Gasteiger charge is 2.66. The first kappa shape index (κ1) is 21.8. The third kappa shape index (κ3) is 2.76. The van der Waals surface area contributed by atoms with Crippen LogP contribution in [0, 0.1) is 23.5 Å². The van der Waals surface area contributed by atoms with Crippen molar-refractivity contribution >= 4 is 17.7 Å². The number of fused-ring (bicyclic) bond motifs is 3. The Labute approximate surface area is 207 Å². The lowest BCUT2D eigenvalue weighted by Crippen LogP contribution is -2.75. The van der Waals surface area contributed by atoms with Gasteiger partial charge in [-0.1, -0.05) is 24.3 Å². The molecule has 10 heteroatoms. The van der Waals surface area contributed by atoms with Gasteiger partial charge >= 0.3 is 0 Å².